The summed E-state index contributed by atoms with van der Waals surface area (Å²) < 4.78 is 0. The van der Waals surface area contributed by atoms with E-state index < -0.39 is 0 Å². The monoisotopic (exact) mass is 553 g/mol. The number of carbonyl (C=O) groups is 1. The molecule has 37 heavy (non-hydrogen) atoms. The zero-order chi connectivity index (χ0) is 26.3. The van der Waals surface area contributed by atoms with Crippen molar-refractivity contribution in [3.05, 3.63) is 75.2 Å². The molecule has 4 aromatic rings. The minimum Gasteiger partial charge on any atom is -0.368 e. The van der Waals surface area contributed by atoms with Gasteiger partial charge >= 0.3 is 0 Å². The predicted octanol–water partition coefficient (Wildman–Crippen LogP) is 7.20. The lowest BCUT2D eigenvalue weighted by molar-refractivity contribution is 0.102. The largest absolute Gasteiger partial charge is 0.368 e. The van der Waals surface area contributed by atoms with E-state index in [0.717, 1.165) is 29.3 Å². The first kappa shape index (κ1) is 25.8. The van der Waals surface area contributed by atoms with Crippen molar-refractivity contribution in [3.8, 4) is 22.0 Å². The smallest absolute Gasteiger partial charge is 0.257 e. The summed E-state index contributed by atoms with van der Waals surface area (Å²) in [4.78, 5) is 26.8. The van der Waals surface area contributed by atoms with E-state index in [4.69, 9.17) is 23.2 Å². The zero-order valence-corrected chi connectivity index (χ0v) is 23.5. The first-order valence-corrected chi connectivity index (χ1v) is 13.8. The number of piperazine rings is 1. The minimum atomic E-state index is -0.279. The van der Waals surface area contributed by atoms with Crippen LogP contribution in [0.2, 0.25) is 10.0 Å². The number of H-pyrrole nitrogens is 1. The Balaban J connectivity index is 1.33. The van der Waals surface area contributed by atoms with Crippen molar-refractivity contribution in [2.24, 2.45) is 0 Å². The lowest BCUT2D eigenvalue weighted by Gasteiger charge is -2.43. The highest BCUT2D eigenvalue weighted by atomic mass is 35.5. The van der Waals surface area contributed by atoms with Gasteiger partial charge in [-0.2, -0.15) is 0 Å². The van der Waals surface area contributed by atoms with Crippen LogP contribution in [0.25, 0.3) is 22.0 Å². The van der Waals surface area contributed by atoms with Gasteiger partial charge in [-0.3, -0.25) is 9.69 Å². The summed E-state index contributed by atoms with van der Waals surface area (Å²) in [5.41, 5.74) is 4.89. The highest BCUT2D eigenvalue weighted by Crippen LogP contribution is 2.33. The topological polar surface area (TPSA) is 64.3 Å². The summed E-state index contributed by atoms with van der Waals surface area (Å²) in [7, 11) is 2.16. The van der Waals surface area contributed by atoms with Gasteiger partial charge < -0.3 is 15.2 Å². The molecule has 0 bridgehead atoms. The third-order valence-electron chi connectivity index (χ3n) is 6.97. The van der Waals surface area contributed by atoms with Gasteiger partial charge in [0.1, 0.15) is 5.82 Å². The maximum atomic E-state index is 13.1. The molecule has 6 nitrogen and oxygen atoms in total. The second-order valence-corrected chi connectivity index (χ2v) is 11.4. The summed E-state index contributed by atoms with van der Waals surface area (Å²) in [5.74, 6) is 0.360. The lowest BCUT2D eigenvalue weighted by Crippen LogP contribution is -2.55. The molecule has 1 aliphatic heterocycles. The third kappa shape index (κ3) is 5.41. The quantitative estimate of drug-likeness (QED) is 0.274. The maximum Gasteiger partial charge on any atom is 0.257 e. The molecule has 2 aromatic carbocycles. The second kappa shape index (κ2) is 10.5. The number of halogens is 2. The van der Waals surface area contributed by atoms with Gasteiger partial charge in [-0.05, 0) is 81.2 Å². The number of likely N-dealkylation sites (N-methyl/N-ethyl adjacent to an activating group) is 1. The van der Waals surface area contributed by atoms with Gasteiger partial charge in [-0.1, -0.05) is 23.2 Å². The number of rotatable bonds is 5. The fraction of sp³-hybridized carbons (Fsp3) is 0.286. The van der Waals surface area contributed by atoms with Gasteiger partial charge in [0.25, 0.3) is 5.91 Å². The molecular weight excluding hydrogens is 525 g/mol. The molecule has 0 radical (unpaired) electrons. The number of nitrogens with zero attached hydrogens (tertiary/aromatic N) is 3. The maximum absolute atomic E-state index is 13.1. The van der Waals surface area contributed by atoms with Crippen LogP contribution in [0.15, 0.2) is 54.0 Å². The number of nitrogens with one attached hydrogen (secondary N) is 2. The van der Waals surface area contributed by atoms with Gasteiger partial charge in [-0.25, -0.2) is 4.98 Å². The Kier molecular flexibility index (Phi) is 7.32. The molecule has 2 atom stereocenters. The molecule has 0 aliphatic carbocycles. The predicted molar refractivity (Wildman–Crippen MR) is 155 cm³/mol. The number of hydrogen-bond acceptors (Lipinski definition) is 5. The molecule has 1 fully saturated rings. The first-order valence-electron chi connectivity index (χ1n) is 12.2. The highest BCUT2D eigenvalue weighted by Gasteiger charge is 2.27. The van der Waals surface area contributed by atoms with Gasteiger partial charge in [0.2, 0.25) is 0 Å². The summed E-state index contributed by atoms with van der Waals surface area (Å²) in [6.45, 7) is 8.33. The standard InChI is InChI=1S/C28H29Cl2N5OS/c1-16-9-26(37-15-16)25-12-31-27(33-25)22-10-19(5-8-23(22)29)32-28(36)21-7-6-20(11-24(21)30)35-13-17(2)34(4)18(3)14-35/h5-12,15,17-18H,13-14H2,1-4H3,(H,31,33)(H,32,36)/t17-,18+. The lowest BCUT2D eigenvalue weighted by atomic mass is 10.1. The molecule has 2 aromatic heterocycles. The summed E-state index contributed by atoms with van der Waals surface area (Å²) in [5, 5.41) is 6.02. The Morgan fingerprint density at radius 1 is 1.08 bits per heavy atom. The molecular formula is C28H29Cl2N5OS. The Hall–Kier alpha value is -2.84. The Labute approximate surface area is 231 Å². The van der Waals surface area contributed by atoms with E-state index in [1.807, 2.05) is 18.2 Å². The molecule has 5 rings (SSSR count). The molecule has 1 aliphatic rings. The molecule has 2 N–H and O–H groups in total. The van der Waals surface area contributed by atoms with Crippen molar-refractivity contribution >= 4 is 51.8 Å². The van der Waals surface area contributed by atoms with Crippen LogP contribution in [0, 0.1) is 6.92 Å². The van der Waals surface area contributed by atoms with Crippen molar-refractivity contribution in [2.75, 3.05) is 30.4 Å². The SMILES string of the molecule is Cc1csc(-c2cnc(-c3cc(NC(=O)c4ccc(N5C[C@@H](C)N(C)[C@@H](C)C5)cc4Cl)ccc3Cl)[nH]2)c1. The van der Waals surface area contributed by atoms with Crippen molar-refractivity contribution in [3.63, 3.8) is 0 Å². The first-order chi connectivity index (χ1) is 17.7. The van der Waals surface area contributed by atoms with E-state index in [0.29, 0.717) is 44.8 Å². The zero-order valence-electron chi connectivity index (χ0n) is 21.2. The number of benzene rings is 2. The molecule has 1 amide bonds. The van der Waals surface area contributed by atoms with Gasteiger partial charge in [-0.15, -0.1) is 11.3 Å². The number of thiophene rings is 1. The average molecular weight is 555 g/mol. The van der Waals surface area contributed by atoms with E-state index in [-0.39, 0.29) is 5.91 Å². The minimum absolute atomic E-state index is 0.279. The van der Waals surface area contributed by atoms with E-state index >= 15 is 0 Å². The number of hydrogen-bond donors (Lipinski definition) is 2. The van der Waals surface area contributed by atoms with Crippen LogP contribution >= 0.6 is 34.5 Å². The van der Waals surface area contributed by atoms with E-state index in [2.05, 4.69) is 64.3 Å². The van der Waals surface area contributed by atoms with Crippen LogP contribution < -0.4 is 10.2 Å². The third-order valence-corrected chi connectivity index (χ3v) is 8.70. The average Bonchev–Trinajstić information content (AvgIpc) is 3.52. The number of aryl methyl sites for hydroxylation is 1. The molecule has 0 unspecified atom stereocenters. The Bertz CT molecular complexity index is 1440. The van der Waals surface area contributed by atoms with Crippen molar-refractivity contribution in [1.29, 1.82) is 0 Å². The highest BCUT2D eigenvalue weighted by molar-refractivity contribution is 7.13. The molecule has 3 heterocycles. The summed E-state index contributed by atoms with van der Waals surface area (Å²) in [6.07, 6.45) is 1.80. The van der Waals surface area contributed by atoms with Gasteiger partial charge in [0.15, 0.2) is 0 Å². The van der Waals surface area contributed by atoms with Crippen LogP contribution in [0.5, 0.6) is 0 Å². The fourth-order valence-corrected chi connectivity index (χ4v) is 5.97. The van der Waals surface area contributed by atoms with Crippen LogP contribution in [-0.2, 0) is 0 Å². The van der Waals surface area contributed by atoms with Crippen molar-refractivity contribution < 1.29 is 4.79 Å². The Morgan fingerprint density at radius 2 is 1.84 bits per heavy atom. The molecule has 9 heteroatoms. The normalized spacial score (nSPS) is 18.3. The van der Waals surface area contributed by atoms with Crippen LogP contribution in [0.1, 0.15) is 29.8 Å². The van der Waals surface area contributed by atoms with Crippen molar-refractivity contribution in [2.45, 2.75) is 32.9 Å². The van der Waals surface area contributed by atoms with Gasteiger partial charge in [0.05, 0.1) is 32.4 Å². The molecule has 192 valence electrons. The van der Waals surface area contributed by atoms with Crippen molar-refractivity contribution in [1.82, 2.24) is 14.9 Å². The Morgan fingerprint density at radius 3 is 2.51 bits per heavy atom. The number of anilines is 2. The molecule has 0 saturated carbocycles. The second-order valence-electron chi connectivity index (χ2n) is 9.72. The summed E-state index contributed by atoms with van der Waals surface area (Å²) >= 11 is 14.7. The van der Waals surface area contributed by atoms with Crippen LogP contribution in [0.3, 0.4) is 0 Å². The van der Waals surface area contributed by atoms with E-state index in [1.165, 1.54) is 5.56 Å². The van der Waals surface area contributed by atoms with E-state index in [9.17, 15) is 4.79 Å². The number of amides is 1. The van der Waals surface area contributed by atoms with Gasteiger partial charge in [0, 0.05) is 42.1 Å². The van der Waals surface area contributed by atoms with E-state index in [1.54, 1.807) is 35.7 Å². The number of carbonyl (C=O) groups excluding carboxylic acids is 1. The number of imidazole rings is 1. The number of aromatic nitrogens is 2. The fourth-order valence-electron chi connectivity index (χ4n) is 4.64. The number of aromatic amines is 1. The van der Waals surface area contributed by atoms with Crippen LogP contribution in [0.4, 0.5) is 11.4 Å². The molecule has 0 spiro atoms. The van der Waals surface area contributed by atoms with Crippen LogP contribution in [-0.4, -0.2) is 53.0 Å². The molecule has 1 saturated heterocycles. The summed E-state index contributed by atoms with van der Waals surface area (Å²) in [6, 6.07) is 14.0.